The third kappa shape index (κ3) is 2.39. The summed E-state index contributed by atoms with van der Waals surface area (Å²) in [5, 5.41) is 11.6. The number of hydrogen-bond donors (Lipinski definition) is 3. The van der Waals surface area contributed by atoms with Gasteiger partial charge in [0, 0.05) is 19.3 Å². The molecule has 0 aliphatic carbocycles. The molecule has 66 valence electrons. The molecular formula is C8H13N3O. The summed E-state index contributed by atoms with van der Waals surface area (Å²) in [7, 11) is 0. The van der Waals surface area contributed by atoms with Gasteiger partial charge < -0.3 is 16.2 Å². The normalized spacial score (nSPS) is 9.75. The maximum absolute atomic E-state index is 8.53. The van der Waals surface area contributed by atoms with Gasteiger partial charge in [-0.1, -0.05) is 0 Å². The summed E-state index contributed by atoms with van der Waals surface area (Å²) >= 11 is 0. The molecule has 12 heavy (non-hydrogen) atoms. The van der Waals surface area contributed by atoms with E-state index in [2.05, 4.69) is 10.3 Å². The van der Waals surface area contributed by atoms with E-state index in [4.69, 9.17) is 10.8 Å². The van der Waals surface area contributed by atoms with Gasteiger partial charge in [0.15, 0.2) is 0 Å². The van der Waals surface area contributed by atoms with Crippen LogP contribution in [-0.2, 0) is 0 Å². The lowest BCUT2D eigenvalue weighted by atomic mass is 10.3. The number of nitrogens with one attached hydrogen (secondary N) is 1. The van der Waals surface area contributed by atoms with Gasteiger partial charge in [-0.05, 0) is 12.5 Å². The van der Waals surface area contributed by atoms with Crippen molar-refractivity contribution < 1.29 is 5.11 Å². The number of nitrogen functional groups attached to an aromatic ring is 1. The van der Waals surface area contributed by atoms with Crippen molar-refractivity contribution in [2.75, 3.05) is 24.2 Å². The van der Waals surface area contributed by atoms with Crippen LogP contribution < -0.4 is 11.1 Å². The van der Waals surface area contributed by atoms with Crippen molar-refractivity contribution in [1.29, 1.82) is 0 Å². The highest BCUT2D eigenvalue weighted by Crippen LogP contribution is 2.14. The average Bonchev–Trinajstić information content (AvgIpc) is 2.09. The van der Waals surface area contributed by atoms with Crippen LogP contribution in [0.25, 0.3) is 0 Å². The molecule has 1 rings (SSSR count). The van der Waals surface area contributed by atoms with Crippen molar-refractivity contribution in [1.82, 2.24) is 4.98 Å². The lowest BCUT2D eigenvalue weighted by molar-refractivity contribution is 0.292. The monoisotopic (exact) mass is 167 g/mol. The van der Waals surface area contributed by atoms with Crippen LogP contribution in [0.5, 0.6) is 0 Å². The Hall–Kier alpha value is -1.29. The molecule has 1 aromatic heterocycles. The van der Waals surface area contributed by atoms with Crippen LogP contribution >= 0.6 is 0 Å². The van der Waals surface area contributed by atoms with E-state index in [1.165, 1.54) is 0 Å². The molecule has 4 N–H and O–H groups in total. The maximum Gasteiger partial charge on any atom is 0.0736 e. The minimum Gasteiger partial charge on any atom is -0.396 e. The van der Waals surface area contributed by atoms with Crippen LogP contribution in [0, 0.1) is 0 Å². The lowest BCUT2D eigenvalue weighted by Gasteiger charge is -2.06. The third-order valence-corrected chi connectivity index (χ3v) is 1.50. The van der Waals surface area contributed by atoms with E-state index >= 15 is 0 Å². The van der Waals surface area contributed by atoms with Gasteiger partial charge in [-0.3, -0.25) is 4.98 Å². The molecule has 0 bridgehead atoms. The SMILES string of the molecule is Nc1cnccc1NCCCO. The molecule has 4 nitrogen and oxygen atoms in total. The van der Waals surface area contributed by atoms with Crippen molar-refractivity contribution >= 4 is 11.4 Å². The van der Waals surface area contributed by atoms with Crippen LogP contribution in [0.15, 0.2) is 18.5 Å². The number of nitrogens with two attached hydrogens (primary N) is 1. The van der Waals surface area contributed by atoms with E-state index in [-0.39, 0.29) is 6.61 Å². The van der Waals surface area contributed by atoms with E-state index < -0.39 is 0 Å². The number of nitrogens with zero attached hydrogens (tertiary/aromatic N) is 1. The minimum absolute atomic E-state index is 0.192. The van der Waals surface area contributed by atoms with Gasteiger partial charge in [-0.2, -0.15) is 0 Å². The average molecular weight is 167 g/mol. The zero-order valence-corrected chi connectivity index (χ0v) is 6.83. The van der Waals surface area contributed by atoms with Crippen molar-refractivity contribution in [2.45, 2.75) is 6.42 Å². The summed E-state index contributed by atoms with van der Waals surface area (Å²) < 4.78 is 0. The van der Waals surface area contributed by atoms with Crippen molar-refractivity contribution in [2.24, 2.45) is 0 Å². The number of aromatic nitrogens is 1. The van der Waals surface area contributed by atoms with Crippen LogP contribution in [-0.4, -0.2) is 23.2 Å². The number of aliphatic hydroxyl groups excluding tert-OH is 1. The van der Waals surface area contributed by atoms with Crippen LogP contribution in [0.3, 0.4) is 0 Å². The van der Waals surface area contributed by atoms with E-state index in [9.17, 15) is 0 Å². The Morgan fingerprint density at radius 2 is 2.42 bits per heavy atom. The largest absolute Gasteiger partial charge is 0.396 e. The minimum atomic E-state index is 0.192. The summed E-state index contributed by atoms with van der Waals surface area (Å²) in [6.07, 6.45) is 4.00. The lowest BCUT2D eigenvalue weighted by Crippen LogP contribution is -2.05. The highest BCUT2D eigenvalue weighted by Gasteiger charge is 1.94. The van der Waals surface area contributed by atoms with E-state index in [0.29, 0.717) is 5.69 Å². The molecule has 0 aromatic carbocycles. The predicted molar refractivity (Wildman–Crippen MR) is 48.8 cm³/mol. The Kier molecular flexibility index (Phi) is 3.35. The van der Waals surface area contributed by atoms with Crippen molar-refractivity contribution in [3.63, 3.8) is 0 Å². The molecule has 4 heteroatoms. The molecule has 0 saturated carbocycles. The molecule has 0 unspecified atom stereocenters. The van der Waals surface area contributed by atoms with Gasteiger partial charge in [0.1, 0.15) is 0 Å². The highest BCUT2D eigenvalue weighted by atomic mass is 16.3. The van der Waals surface area contributed by atoms with Gasteiger partial charge in [-0.15, -0.1) is 0 Å². The van der Waals surface area contributed by atoms with E-state index in [0.717, 1.165) is 18.7 Å². The van der Waals surface area contributed by atoms with Crippen molar-refractivity contribution in [3.8, 4) is 0 Å². The summed E-state index contributed by atoms with van der Waals surface area (Å²) in [5.41, 5.74) is 7.12. The summed E-state index contributed by atoms with van der Waals surface area (Å²) in [5.74, 6) is 0. The van der Waals surface area contributed by atoms with Crippen LogP contribution in [0.2, 0.25) is 0 Å². The first kappa shape index (κ1) is 8.80. The second-order valence-electron chi connectivity index (χ2n) is 2.47. The number of anilines is 2. The molecule has 0 spiro atoms. The smallest absolute Gasteiger partial charge is 0.0736 e. The van der Waals surface area contributed by atoms with E-state index in [1.807, 2.05) is 6.07 Å². The first-order valence-electron chi connectivity index (χ1n) is 3.89. The maximum atomic E-state index is 8.53. The second kappa shape index (κ2) is 4.56. The highest BCUT2D eigenvalue weighted by molar-refractivity contribution is 5.63. The Labute approximate surface area is 71.4 Å². The van der Waals surface area contributed by atoms with Crippen molar-refractivity contribution in [3.05, 3.63) is 18.5 Å². The first-order valence-corrected chi connectivity index (χ1v) is 3.89. The molecule has 1 aromatic rings. The molecule has 0 aliphatic heterocycles. The molecule has 0 fully saturated rings. The zero-order chi connectivity index (χ0) is 8.81. The number of aliphatic hydroxyl groups is 1. The fraction of sp³-hybridized carbons (Fsp3) is 0.375. The van der Waals surface area contributed by atoms with Crippen LogP contribution in [0.1, 0.15) is 6.42 Å². The fourth-order valence-corrected chi connectivity index (χ4v) is 0.870. The summed E-state index contributed by atoms with van der Waals surface area (Å²) in [6.45, 7) is 0.919. The van der Waals surface area contributed by atoms with Gasteiger partial charge in [0.2, 0.25) is 0 Å². The van der Waals surface area contributed by atoms with Gasteiger partial charge in [0.25, 0.3) is 0 Å². The third-order valence-electron chi connectivity index (χ3n) is 1.50. The second-order valence-corrected chi connectivity index (χ2v) is 2.47. The molecule has 0 radical (unpaired) electrons. The van der Waals surface area contributed by atoms with Gasteiger partial charge in [0.05, 0.1) is 17.6 Å². The zero-order valence-electron chi connectivity index (χ0n) is 6.83. The summed E-state index contributed by atoms with van der Waals surface area (Å²) in [6, 6.07) is 1.81. The molecule has 1 heterocycles. The standard InChI is InChI=1S/C8H13N3O/c9-7-6-10-4-2-8(7)11-3-1-5-12/h2,4,6,12H,1,3,5,9H2,(H,10,11). The molecule has 0 saturated heterocycles. The Morgan fingerprint density at radius 3 is 3.08 bits per heavy atom. The number of hydrogen-bond acceptors (Lipinski definition) is 4. The van der Waals surface area contributed by atoms with Gasteiger partial charge >= 0.3 is 0 Å². The molecule has 0 amide bonds. The first-order chi connectivity index (χ1) is 5.84. The molecule has 0 aliphatic rings. The Balaban J connectivity index is 2.46. The van der Waals surface area contributed by atoms with Gasteiger partial charge in [-0.25, -0.2) is 0 Å². The Morgan fingerprint density at radius 1 is 1.58 bits per heavy atom. The predicted octanol–water partition coefficient (Wildman–Crippen LogP) is 0.458. The molecule has 0 atom stereocenters. The molecular weight excluding hydrogens is 154 g/mol. The fourth-order valence-electron chi connectivity index (χ4n) is 0.870. The summed E-state index contributed by atoms with van der Waals surface area (Å²) in [4.78, 5) is 3.86. The van der Waals surface area contributed by atoms with Crippen LogP contribution in [0.4, 0.5) is 11.4 Å². The quantitative estimate of drug-likeness (QED) is 0.570. The Bertz CT molecular complexity index is 239. The number of rotatable bonds is 4. The van der Waals surface area contributed by atoms with E-state index in [1.54, 1.807) is 12.4 Å². The topological polar surface area (TPSA) is 71.2 Å². The number of pyridine rings is 1.